The Bertz CT molecular complexity index is 299. The summed E-state index contributed by atoms with van der Waals surface area (Å²) in [6.07, 6.45) is 1.38. The summed E-state index contributed by atoms with van der Waals surface area (Å²) in [5, 5.41) is 3.59. The standard InChI is InChI=1S/C13H19NO/c1-10-11(2)15-9-13(14-10)8-12-6-4-3-5-7-12/h3-7,10-11,13-14H,8-9H2,1-2H3. The third-order valence-corrected chi connectivity index (χ3v) is 3.09. The molecule has 0 spiro atoms. The molecule has 1 saturated heterocycles. The van der Waals surface area contributed by atoms with Gasteiger partial charge < -0.3 is 10.1 Å². The highest BCUT2D eigenvalue weighted by atomic mass is 16.5. The average molecular weight is 205 g/mol. The van der Waals surface area contributed by atoms with E-state index in [9.17, 15) is 0 Å². The number of ether oxygens (including phenoxy) is 1. The molecule has 1 aliphatic heterocycles. The van der Waals surface area contributed by atoms with Gasteiger partial charge in [-0.1, -0.05) is 30.3 Å². The molecule has 1 fully saturated rings. The van der Waals surface area contributed by atoms with Crippen molar-refractivity contribution in [2.45, 2.75) is 38.5 Å². The summed E-state index contributed by atoms with van der Waals surface area (Å²) in [6.45, 7) is 5.12. The van der Waals surface area contributed by atoms with Crippen LogP contribution in [0.15, 0.2) is 30.3 Å². The van der Waals surface area contributed by atoms with E-state index < -0.39 is 0 Å². The van der Waals surface area contributed by atoms with Crippen molar-refractivity contribution in [1.29, 1.82) is 0 Å². The molecule has 0 saturated carbocycles. The normalized spacial score (nSPS) is 31.5. The van der Waals surface area contributed by atoms with Gasteiger partial charge in [0.15, 0.2) is 0 Å². The Morgan fingerprint density at radius 3 is 2.67 bits per heavy atom. The third-order valence-electron chi connectivity index (χ3n) is 3.09. The van der Waals surface area contributed by atoms with Crippen molar-refractivity contribution in [2.75, 3.05) is 6.61 Å². The van der Waals surface area contributed by atoms with Gasteiger partial charge in [0.2, 0.25) is 0 Å². The number of benzene rings is 1. The second-order valence-corrected chi connectivity index (χ2v) is 4.38. The van der Waals surface area contributed by atoms with Crippen molar-refractivity contribution in [3.8, 4) is 0 Å². The van der Waals surface area contributed by atoms with E-state index >= 15 is 0 Å². The van der Waals surface area contributed by atoms with Crippen molar-refractivity contribution < 1.29 is 4.74 Å². The summed E-state index contributed by atoms with van der Waals surface area (Å²) in [6, 6.07) is 11.5. The molecule has 0 radical (unpaired) electrons. The van der Waals surface area contributed by atoms with Crippen molar-refractivity contribution in [3.63, 3.8) is 0 Å². The molecule has 1 aromatic carbocycles. The van der Waals surface area contributed by atoms with E-state index in [0.717, 1.165) is 13.0 Å². The SMILES string of the molecule is CC1NC(Cc2ccccc2)COC1C. The molecule has 2 rings (SSSR count). The van der Waals surface area contributed by atoms with Crippen LogP contribution in [0.5, 0.6) is 0 Å². The molecule has 82 valence electrons. The highest BCUT2D eigenvalue weighted by molar-refractivity contribution is 5.16. The molecule has 1 heterocycles. The zero-order chi connectivity index (χ0) is 10.7. The van der Waals surface area contributed by atoms with Crippen LogP contribution in [0, 0.1) is 0 Å². The van der Waals surface area contributed by atoms with Gasteiger partial charge in [0.05, 0.1) is 12.7 Å². The van der Waals surface area contributed by atoms with Crippen molar-refractivity contribution >= 4 is 0 Å². The first-order chi connectivity index (χ1) is 7.25. The van der Waals surface area contributed by atoms with E-state index in [-0.39, 0.29) is 0 Å². The van der Waals surface area contributed by atoms with Crippen LogP contribution in [0.4, 0.5) is 0 Å². The lowest BCUT2D eigenvalue weighted by molar-refractivity contribution is -0.0115. The van der Waals surface area contributed by atoms with Gasteiger partial charge in [0.25, 0.3) is 0 Å². The van der Waals surface area contributed by atoms with E-state index in [1.165, 1.54) is 5.56 Å². The maximum atomic E-state index is 5.71. The Kier molecular flexibility index (Phi) is 3.39. The van der Waals surface area contributed by atoms with Gasteiger partial charge in [-0.25, -0.2) is 0 Å². The summed E-state index contributed by atoms with van der Waals surface area (Å²) < 4.78 is 5.71. The van der Waals surface area contributed by atoms with Gasteiger partial charge in [0.1, 0.15) is 0 Å². The van der Waals surface area contributed by atoms with Gasteiger partial charge in [-0.05, 0) is 25.8 Å². The minimum absolute atomic E-state index is 0.331. The van der Waals surface area contributed by atoms with Gasteiger partial charge in [-0.3, -0.25) is 0 Å². The number of rotatable bonds is 2. The van der Waals surface area contributed by atoms with Crippen LogP contribution < -0.4 is 5.32 Å². The molecule has 1 aromatic rings. The van der Waals surface area contributed by atoms with Crippen LogP contribution in [0.2, 0.25) is 0 Å². The Balaban J connectivity index is 1.91. The van der Waals surface area contributed by atoms with Gasteiger partial charge in [-0.15, -0.1) is 0 Å². The zero-order valence-corrected chi connectivity index (χ0v) is 9.44. The summed E-state index contributed by atoms with van der Waals surface area (Å²) in [7, 11) is 0. The molecule has 0 bridgehead atoms. The van der Waals surface area contributed by atoms with Gasteiger partial charge >= 0.3 is 0 Å². The maximum absolute atomic E-state index is 5.71. The number of nitrogens with one attached hydrogen (secondary N) is 1. The van der Waals surface area contributed by atoms with E-state index in [2.05, 4.69) is 49.5 Å². The Morgan fingerprint density at radius 1 is 1.27 bits per heavy atom. The molecule has 2 heteroatoms. The minimum Gasteiger partial charge on any atom is -0.375 e. The first-order valence-corrected chi connectivity index (χ1v) is 5.67. The first kappa shape index (κ1) is 10.7. The molecule has 1 N–H and O–H groups in total. The van der Waals surface area contributed by atoms with Crippen LogP contribution in [0.25, 0.3) is 0 Å². The Hall–Kier alpha value is -0.860. The Labute approximate surface area is 91.6 Å². The predicted octanol–water partition coefficient (Wildman–Crippen LogP) is 1.99. The van der Waals surface area contributed by atoms with E-state index in [0.29, 0.717) is 18.2 Å². The van der Waals surface area contributed by atoms with Gasteiger partial charge in [-0.2, -0.15) is 0 Å². The lowest BCUT2D eigenvalue weighted by Crippen LogP contribution is -2.52. The molecular formula is C13H19NO. The molecule has 2 nitrogen and oxygen atoms in total. The quantitative estimate of drug-likeness (QED) is 0.797. The monoisotopic (exact) mass is 205 g/mol. The molecular weight excluding hydrogens is 186 g/mol. The summed E-state index contributed by atoms with van der Waals surface area (Å²) in [4.78, 5) is 0. The topological polar surface area (TPSA) is 21.3 Å². The van der Waals surface area contributed by atoms with Gasteiger partial charge in [0, 0.05) is 12.1 Å². The molecule has 1 aliphatic rings. The Morgan fingerprint density at radius 2 is 2.00 bits per heavy atom. The molecule has 3 unspecified atom stereocenters. The van der Waals surface area contributed by atoms with Crippen LogP contribution in [-0.4, -0.2) is 24.8 Å². The van der Waals surface area contributed by atoms with Crippen molar-refractivity contribution in [2.24, 2.45) is 0 Å². The molecule has 15 heavy (non-hydrogen) atoms. The third kappa shape index (κ3) is 2.80. The lowest BCUT2D eigenvalue weighted by Gasteiger charge is -2.34. The highest BCUT2D eigenvalue weighted by Crippen LogP contribution is 2.11. The minimum atomic E-state index is 0.331. The fourth-order valence-corrected chi connectivity index (χ4v) is 1.98. The fourth-order valence-electron chi connectivity index (χ4n) is 1.98. The molecule has 0 aliphatic carbocycles. The van der Waals surface area contributed by atoms with Crippen LogP contribution in [0.1, 0.15) is 19.4 Å². The van der Waals surface area contributed by atoms with E-state index in [1.54, 1.807) is 0 Å². The lowest BCUT2D eigenvalue weighted by atomic mass is 10.0. The summed E-state index contributed by atoms with van der Waals surface area (Å²) in [5.74, 6) is 0. The number of hydrogen-bond donors (Lipinski definition) is 1. The van der Waals surface area contributed by atoms with E-state index in [4.69, 9.17) is 4.74 Å². The van der Waals surface area contributed by atoms with Crippen LogP contribution in [-0.2, 0) is 11.2 Å². The average Bonchev–Trinajstić information content (AvgIpc) is 2.25. The molecule has 3 atom stereocenters. The summed E-state index contributed by atoms with van der Waals surface area (Å²) >= 11 is 0. The van der Waals surface area contributed by atoms with Crippen molar-refractivity contribution in [1.82, 2.24) is 5.32 Å². The highest BCUT2D eigenvalue weighted by Gasteiger charge is 2.23. The van der Waals surface area contributed by atoms with Crippen molar-refractivity contribution in [3.05, 3.63) is 35.9 Å². The predicted molar refractivity (Wildman–Crippen MR) is 61.9 cm³/mol. The number of hydrogen-bond acceptors (Lipinski definition) is 2. The van der Waals surface area contributed by atoms with Crippen LogP contribution >= 0.6 is 0 Å². The molecule has 0 amide bonds. The van der Waals surface area contributed by atoms with E-state index in [1.807, 2.05) is 0 Å². The fraction of sp³-hybridized carbons (Fsp3) is 0.538. The smallest absolute Gasteiger partial charge is 0.0698 e. The largest absolute Gasteiger partial charge is 0.375 e. The molecule has 0 aromatic heterocycles. The summed E-state index contributed by atoms with van der Waals surface area (Å²) in [5.41, 5.74) is 1.38. The second kappa shape index (κ2) is 4.77. The first-order valence-electron chi connectivity index (χ1n) is 5.67. The number of morpholine rings is 1. The second-order valence-electron chi connectivity index (χ2n) is 4.38. The zero-order valence-electron chi connectivity index (χ0n) is 9.44. The van der Waals surface area contributed by atoms with Crippen LogP contribution in [0.3, 0.4) is 0 Å². The maximum Gasteiger partial charge on any atom is 0.0698 e.